The molecule has 0 bridgehead atoms. The first-order valence-electron chi connectivity index (χ1n) is 3.25. The molecule has 12 radical (unpaired) electrons. The van der Waals surface area contributed by atoms with Gasteiger partial charge in [-0.3, -0.25) is 0 Å². The standard InChI is InChI=1S/B10I2/c1-7(2)10(8(3)4)12(11)9(5)6. The maximum absolute atomic E-state index is 5.53. The van der Waals surface area contributed by atoms with Crippen LogP contribution in [0.25, 0.3) is 0 Å². The van der Waals surface area contributed by atoms with Gasteiger partial charge in [0.15, 0.2) is 0 Å². The van der Waals surface area contributed by atoms with Crippen LogP contribution in [0.15, 0.2) is 0 Å². The Morgan fingerprint density at radius 2 is 1.17 bits per heavy atom. The Hall–Kier alpha value is 2.11. The third kappa shape index (κ3) is 4.56. The molecule has 0 aliphatic heterocycles. The molecule has 0 aliphatic rings. The Kier molecular flexibility index (Phi) is 7.72. The predicted octanol–water partition coefficient (Wildman–Crippen LogP) is -2.04. The first-order valence-corrected chi connectivity index (χ1v) is 12.0. The zero-order valence-corrected chi connectivity index (χ0v) is 10.8. The summed E-state index contributed by atoms with van der Waals surface area (Å²) in [6.07, 6.45) is -1.05. The van der Waals surface area contributed by atoms with Crippen LogP contribution in [0.2, 0.25) is 0 Å². The van der Waals surface area contributed by atoms with Crippen molar-refractivity contribution in [2.45, 2.75) is 0 Å². The van der Waals surface area contributed by atoms with Crippen molar-refractivity contribution >= 4 is 102 Å². The minimum atomic E-state index is -1.65. The van der Waals surface area contributed by atoms with Crippen molar-refractivity contribution in [3.05, 3.63) is 0 Å². The van der Waals surface area contributed by atoms with E-state index in [1.54, 1.807) is 0 Å². The zero-order chi connectivity index (χ0) is 9.89. The summed E-state index contributed by atoms with van der Waals surface area (Å²) in [4.78, 5) is 0. The number of halogens is 2. The quantitative estimate of drug-likeness (QED) is 0.400. The molecule has 0 nitrogen and oxygen atoms in total. The van der Waals surface area contributed by atoms with Gasteiger partial charge in [-0.15, -0.1) is 0 Å². The normalized spacial score (nSPS) is 10.2. The Labute approximate surface area is 101 Å². The van der Waals surface area contributed by atoms with E-state index >= 15 is 0 Å². The summed E-state index contributed by atoms with van der Waals surface area (Å²) in [5.74, 6) is 0. The minimum absolute atomic E-state index is 0.116. The Morgan fingerprint density at radius 1 is 0.833 bits per heavy atom. The van der Waals surface area contributed by atoms with Gasteiger partial charge in [0, 0.05) is 0 Å². The number of hydrogen-bond acceptors (Lipinski definition) is 0. The van der Waals surface area contributed by atoms with Gasteiger partial charge in [-0.2, -0.15) is 0 Å². The summed E-state index contributed by atoms with van der Waals surface area (Å²) in [6, 6.07) is 0. The fraction of sp³-hybridized carbons (Fsp3) is 0. The molecule has 0 amide bonds. The second-order valence-corrected chi connectivity index (χ2v) is 13.2. The van der Waals surface area contributed by atoms with Crippen molar-refractivity contribution in [2.24, 2.45) is 0 Å². The van der Waals surface area contributed by atoms with Crippen molar-refractivity contribution < 1.29 is 0 Å². The van der Waals surface area contributed by atoms with Gasteiger partial charge in [-0.05, 0) is 0 Å². The molecule has 0 aliphatic carbocycles. The molecule has 12 heteroatoms. The molecule has 0 aromatic carbocycles. The van der Waals surface area contributed by atoms with Crippen LogP contribution in [-0.4, -0.2) is 67.9 Å². The van der Waals surface area contributed by atoms with E-state index in [9.17, 15) is 0 Å². The van der Waals surface area contributed by atoms with Crippen molar-refractivity contribution in [3.8, 4) is 0 Å². The summed E-state index contributed by atoms with van der Waals surface area (Å²) in [5, 5.41) is 0. The van der Waals surface area contributed by atoms with Crippen LogP contribution in [0.5, 0.6) is 0 Å². The Morgan fingerprint density at radius 3 is 1.25 bits per heavy atom. The van der Waals surface area contributed by atoms with E-state index < -0.39 is 28.2 Å². The van der Waals surface area contributed by atoms with E-state index in [4.69, 9.17) is 46.4 Å². The molecule has 0 aromatic rings. The molecule has 0 heterocycles. The first-order chi connectivity index (χ1) is 5.37. The van der Waals surface area contributed by atoms with E-state index in [2.05, 4.69) is 18.6 Å². The maximum atomic E-state index is 5.53. The van der Waals surface area contributed by atoms with Crippen molar-refractivity contribution in [1.82, 2.24) is 0 Å². The summed E-state index contributed by atoms with van der Waals surface area (Å²) in [6.45, 7) is 0. The van der Waals surface area contributed by atoms with Gasteiger partial charge in [-0.1, -0.05) is 0 Å². The average Bonchev–Trinajstić information content (AvgIpc) is 1.85. The van der Waals surface area contributed by atoms with Gasteiger partial charge in [0.25, 0.3) is 0 Å². The van der Waals surface area contributed by atoms with Gasteiger partial charge < -0.3 is 0 Å². The SMILES string of the molecule is [B]B([B])B(B([B])[B])I(I)B([B])[B]. The second-order valence-electron chi connectivity index (χ2n) is 2.33. The van der Waals surface area contributed by atoms with Crippen molar-refractivity contribution in [3.63, 3.8) is 0 Å². The van der Waals surface area contributed by atoms with Crippen LogP contribution < -0.4 is 0 Å². The second kappa shape index (κ2) is 6.57. The summed E-state index contributed by atoms with van der Waals surface area (Å²) < 4.78 is -0.473. The number of hydrogen-bond donors (Lipinski definition) is 0. The molecule has 0 unspecified atom stereocenters. The molecule has 0 rings (SSSR count). The van der Waals surface area contributed by atoms with Gasteiger partial charge in [0.05, 0.1) is 0 Å². The number of rotatable bonds is 4. The Bertz CT molecular complexity index is 111. The van der Waals surface area contributed by atoms with Crippen LogP contribution in [0, 0.1) is 0 Å². The molecule has 0 aromatic heterocycles. The van der Waals surface area contributed by atoms with Gasteiger partial charge >= 0.3 is 102 Å². The Balaban J connectivity index is 4.30. The summed E-state index contributed by atoms with van der Waals surface area (Å²) in [7, 11) is 33.1. The van der Waals surface area contributed by atoms with Crippen molar-refractivity contribution in [2.75, 3.05) is 0 Å². The average molecular weight is 362 g/mol. The van der Waals surface area contributed by atoms with E-state index in [0.717, 1.165) is 0 Å². The first kappa shape index (κ1) is 14.1. The van der Waals surface area contributed by atoms with Crippen LogP contribution in [-0.2, 0) is 0 Å². The van der Waals surface area contributed by atoms with E-state index in [1.165, 1.54) is 0 Å². The molecule has 44 valence electrons. The van der Waals surface area contributed by atoms with E-state index in [1.807, 2.05) is 0 Å². The van der Waals surface area contributed by atoms with Crippen molar-refractivity contribution in [1.29, 1.82) is 0 Å². The third-order valence-electron chi connectivity index (χ3n) is 1.22. The molecule has 0 atom stereocenters. The molecule has 0 spiro atoms. The molecular formula is B10I2. The van der Waals surface area contributed by atoms with E-state index in [0.29, 0.717) is 0 Å². The van der Waals surface area contributed by atoms with Gasteiger partial charge in [-0.25, -0.2) is 0 Å². The van der Waals surface area contributed by atoms with E-state index in [-0.39, 0.29) is 8.70 Å². The van der Waals surface area contributed by atoms with Gasteiger partial charge in [0.2, 0.25) is 0 Å². The van der Waals surface area contributed by atoms with Crippen LogP contribution >= 0.6 is 34.0 Å². The fourth-order valence-electron chi connectivity index (χ4n) is 0.703. The predicted molar refractivity (Wildman–Crippen MR) is 85.6 cm³/mol. The molecule has 0 saturated heterocycles. The van der Waals surface area contributed by atoms with Crippen LogP contribution in [0.1, 0.15) is 0 Å². The molecule has 0 fully saturated rings. The van der Waals surface area contributed by atoms with Gasteiger partial charge in [0.1, 0.15) is 0 Å². The van der Waals surface area contributed by atoms with Crippen LogP contribution in [0.4, 0.5) is 0 Å². The molecule has 0 saturated carbocycles. The van der Waals surface area contributed by atoms with Crippen LogP contribution in [0.3, 0.4) is 0 Å². The monoisotopic (exact) mass is 364 g/mol. The third-order valence-corrected chi connectivity index (χ3v) is 12.9. The zero-order valence-electron chi connectivity index (χ0n) is 6.53. The molecule has 0 N–H and O–H groups in total. The summed E-state index contributed by atoms with van der Waals surface area (Å²) >= 11 is 0.556. The molecule has 12 heavy (non-hydrogen) atoms. The fourth-order valence-corrected chi connectivity index (χ4v) is 7.46. The molecular weight excluding hydrogens is 362 g/mol. The summed E-state index contributed by atoms with van der Waals surface area (Å²) in [5.41, 5.74) is 0. The topological polar surface area (TPSA) is 0 Å².